The van der Waals surface area contributed by atoms with Crippen LogP contribution in [0.5, 0.6) is 0 Å². The van der Waals surface area contributed by atoms with Crippen molar-refractivity contribution in [2.24, 2.45) is 5.73 Å². The van der Waals surface area contributed by atoms with Crippen LogP contribution < -0.4 is 5.73 Å². The van der Waals surface area contributed by atoms with Crippen LogP contribution in [-0.2, 0) is 25.8 Å². The molecule has 2 rings (SSSR count). The van der Waals surface area contributed by atoms with E-state index in [4.69, 9.17) is 5.73 Å². The van der Waals surface area contributed by atoms with Gasteiger partial charge in [0.05, 0.1) is 5.69 Å². The second-order valence-corrected chi connectivity index (χ2v) is 5.96. The van der Waals surface area contributed by atoms with E-state index in [9.17, 15) is 0 Å². The predicted octanol–water partition coefficient (Wildman–Crippen LogP) is 3.33. The summed E-state index contributed by atoms with van der Waals surface area (Å²) in [6.07, 6.45) is 2.93. The molecule has 2 N–H and O–H groups in total. The summed E-state index contributed by atoms with van der Waals surface area (Å²) < 4.78 is 2.08. The Hall–Kier alpha value is -1.13. The van der Waals surface area contributed by atoms with E-state index in [0.717, 1.165) is 31.5 Å². The van der Waals surface area contributed by atoms with Crippen LogP contribution in [0.4, 0.5) is 0 Å². The molecular formula is C15H23N3S. The Morgan fingerprint density at radius 1 is 1.26 bits per heavy atom. The molecular weight excluding hydrogens is 254 g/mol. The molecule has 0 spiro atoms. The maximum atomic E-state index is 6.34. The minimum absolute atomic E-state index is 0.0806. The van der Waals surface area contributed by atoms with E-state index >= 15 is 0 Å². The fraction of sp³-hybridized carbons (Fsp3) is 0.533. The Kier molecular flexibility index (Phi) is 4.77. The molecule has 1 atom stereocenters. The second-order valence-electron chi connectivity index (χ2n) is 4.76. The molecule has 2 aromatic rings. The van der Waals surface area contributed by atoms with Gasteiger partial charge < -0.3 is 5.73 Å². The second kappa shape index (κ2) is 6.35. The lowest BCUT2D eigenvalue weighted by atomic mass is 10.1. The molecule has 3 nitrogen and oxygen atoms in total. The first-order valence-corrected chi connectivity index (χ1v) is 7.89. The third-order valence-corrected chi connectivity index (χ3v) is 4.76. The van der Waals surface area contributed by atoms with Crippen LogP contribution in [0.25, 0.3) is 0 Å². The summed E-state index contributed by atoms with van der Waals surface area (Å²) in [4.78, 5) is 2.68. The molecule has 0 aromatic carbocycles. The van der Waals surface area contributed by atoms with Gasteiger partial charge in [0.2, 0.25) is 0 Å². The SMILES string of the molecule is CCc1cc(CC(N)c2ccc(CC)s2)n(CC)n1. The van der Waals surface area contributed by atoms with Crippen molar-refractivity contribution in [3.8, 4) is 0 Å². The van der Waals surface area contributed by atoms with Crippen molar-refractivity contribution >= 4 is 11.3 Å². The quantitative estimate of drug-likeness (QED) is 0.880. The van der Waals surface area contributed by atoms with Crippen molar-refractivity contribution in [1.29, 1.82) is 0 Å². The third kappa shape index (κ3) is 3.25. The normalized spacial score (nSPS) is 12.8. The third-order valence-electron chi connectivity index (χ3n) is 3.40. The van der Waals surface area contributed by atoms with E-state index in [1.54, 1.807) is 0 Å². The fourth-order valence-corrected chi connectivity index (χ4v) is 3.19. The zero-order valence-electron chi connectivity index (χ0n) is 12.0. The number of hydrogen-bond acceptors (Lipinski definition) is 3. The zero-order chi connectivity index (χ0) is 13.8. The Morgan fingerprint density at radius 2 is 2.05 bits per heavy atom. The Balaban J connectivity index is 2.13. The van der Waals surface area contributed by atoms with E-state index in [2.05, 4.69) is 48.8 Å². The standard InChI is InChI=1S/C15H23N3S/c1-4-11-9-12(18(6-3)17-11)10-14(16)15-8-7-13(5-2)19-15/h7-9,14H,4-6,10,16H2,1-3H3. The number of nitrogens with two attached hydrogens (primary N) is 1. The number of aryl methyl sites for hydroxylation is 3. The smallest absolute Gasteiger partial charge is 0.0624 e. The van der Waals surface area contributed by atoms with Crippen molar-refractivity contribution in [2.45, 2.75) is 52.6 Å². The summed E-state index contributed by atoms with van der Waals surface area (Å²) >= 11 is 1.83. The summed E-state index contributed by atoms with van der Waals surface area (Å²) in [5.74, 6) is 0. The molecule has 0 saturated heterocycles. The average Bonchev–Trinajstić information content (AvgIpc) is 3.04. The molecule has 0 aliphatic rings. The van der Waals surface area contributed by atoms with Gasteiger partial charge in [-0.25, -0.2) is 0 Å². The molecule has 2 heterocycles. The number of aromatic nitrogens is 2. The molecule has 0 fully saturated rings. The van der Waals surface area contributed by atoms with E-state index in [0.29, 0.717) is 0 Å². The van der Waals surface area contributed by atoms with Gasteiger partial charge in [-0.3, -0.25) is 4.68 Å². The van der Waals surface area contributed by atoms with E-state index in [1.165, 1.54) is 15.4 Å². The van der Waals surface area contributed by atoms with Gasteiger partial charge in [0, 0.05) is 34.5 Å². The van der Waals surface area contributed by atoms with Crippen molar-refractivity contribution in [3.63, 3.8) is 0 Å². The summed E-state index contributed by atoms with van der Waals surface area (Å²) in [5, 5.41) is 4.58. The van der Waals surface area contributed by atoms with Crippen LogP contribution in [0.2, 0.25) is 0 Å². The Labute approximate surface area is 119 Å². The van der Waals surface area contributed by atoms with Crippen LogP contribution >= 0.6 is 11.3 Å². The predicted molar refractivity (Wildman–Crippen MR) is 81.6 cm³/mol. The number of hydrogen-bond donors (Lipinski definition) is 1. The maximum absolute atomic E-state index is 6.34. The largest absolute Gasteiger partial charge is 0.323 e. The van der Waals surface area contributed by atoms with Crippen LogP contribution in [0.15, 0.2) is 18.2 Å². The van der Waals surface area contributed by atoms with E-state index < -0.39 is 0 Å². The molecule has 0 aliphatic carbocycles. The highest BCUT2D eigenvalue weighted by molar-refractivity contribution is 7.12. The van der Waals surface area contributed by atoms with Gasteiger partial charge in [0.25, 0.3) is 0 Å². The summed E-state index contributed by atoms with van der Waals surface area (Å²) in [6.45, 7) is 7.36. The molecule has 19 heavy (non-hydrogen) atoms. The summed E-state index contributed by atoms with van der Waals surface area (Å²) in [7, 11) is 0. The first-order valence-electron chi connectivity index (χ1n) is 7.07. The van der Waals surface area contributed by atoms with Crippen LogP contribution in [0.3, 0.4) is 0 Å². The molecule has 0 bridgehead atoms. The minimum Gasteiger partial charge on any atom is -0.323 e. The van der Waals surface area contributed by atoms with Gasteiger partial charge in [-0.2, -0.15) is 5.10 Å². The highest BCUT2D eigenvalue weighted by Crippen LogP contribution is 2.25. The zero-order valence-corrected chi connectivity index (χ0v) is 12.8. The molecule has 0 radical (unpaired) electrons. The lowest BCUT2D eigenvalue weighted by molar-refractivity contribution is 0.588. The van der Waals surface area contributed by atoms with Crippen LogP contribution in [0.1, 0.15) is 48.0 Å². The Morgan fingerprint density at radius 3 is 2.63 bits per heavy atom. The van der Waals surface area contributed by atoms with Crippen LogP contribution in [0, 0.1) is 0 Å². The van der Waals surface area contributed by atoms with Gasteiger partial charge in [-0.05, 0) is 38.0 Å². The maximum Gasteiger partial charge on any atom is 0.0624 e. The first-order chi connectivity index (χ1) is 9.17. The van der Waals surface area contributed by atoms with Crippen molar-refractivity contribution in [3.05, 3.63) is 39.3 Å². The number of thiophene rings is 1. The van der Waals surface area contributed by atoms with Crippen molar-refractivity contribution < 1.29 is 0 Å². The van der Waals surface area contributed by atoms with Gasteiger partial charge in [-0.1, -0.05) is 13.8 Å². The summed E-state index contributed by atoms with van der Waals surface area (Å²) in [5.41, 5.74) is 8.74. The minimum atomic E-state index is 0.0806. The van der Waals surface area contributed by atoms with Gasteiger partial charge >= 0.3 is 0 Å². The monoisotopic (exact) mass is 277 g/mol. The number of rotatable bonds is 6. The summed E-state index contributed by atoms with van der Waals surface area (Å²) in [6, 6.07) is 6.63. The molecule has 2 aromatic heterocycles. The highest BCUT2D eigenvalue weighted by Gasteiger charge is 2.13. The van der Waals surface area contributed by atoms with E-state index in [1.807, 2.05) is 11.3 Å². The highest BCUT2D eigenvalue weighted by atomic mass is 32.1. The van der Waals surface area contributed by atoms with E-state index in [-0.39, 0.29) is 6.04 Å². The molecule has 104 valence electrons. The fourth-order valence-electron chi connectivity index (χ4n) is 2.24. The molecule has 0 saturated carbocycles. The van der Waals surface area contributed by atoms with Crippen molar-refractivity contribution in [1.82, 2.24) is 9.78 Å². The van der Waals surface area contributed by atoms with Gasteiger partial charge in [0.15, 0.2) is 0 Å². The van der Waals surface area contributed by atoms with Gasteiger partial charge in [-0.15, -0.1) is 11.3 Å². The van der Waals surface area contributed by atoms with Crippen LogP contribution in [-0.4, -0.2) is 9.78 Å². The topological polar surface area (TPSA) is 43.8 Å². The Bertz CT molecular complexity index is 527. The molecule has 0 aliphatic heterocycles. The lowest BCUT2D eigenvalue weighted by Gasteiger charge is -2.10. The van der Waals surface area contributed by atoms with Gasteiger partial charge in [0.1, 0.15) is 0 Å². The molecule has 1 unspecified atom stereocenters. The number of nitrogens with zero attached hydrogens (tertiary/aromatic N) is 2. The van der Waals surface area contributed by atoms with Crippen molar-refractivity contribution in [2.75, 3.05) is 0 Å². The lowest BCUT2D eigenvalue weighted by Crippen LogP contribution is -2.15. The molecule has 0 amide bonds. The first kappa shape index (κ1) is 14.3. The molecule has 4 heteroatoms. The average molecular weight is 277 g/mol.